The van der Waals surface area contributed by atoms with Crippen LogP contribution in [-0.4, -0.2) is 25.5 Å². The number of aromatic nitrogens is 1. The molecular formula is C10H15FN2O3S. The number of pyridine rings is 1. The van der Waals surface area contributed by atoms with E-state index in [0.717, 1.165) is 5.56 Å². The van der Waals surface area contributed by atoms with Gasteiger partial charge in [0.05, 0.1) is 0 Å². The minimum atomic E-state index is -3.85. The molecule has 1 aromatic rings. The quantitative estimate of drug-likeness (QED) is 0.830. The summed E-state index contributed by atoms with van der Waals surface area (Å²) in [7, 11) is -3.85. The summed E-state index contributed by atoms with van der Waals surface area (Å²) < 4.78 is 37.1. The van der Waals surface area contributed by atoms with Gasteiger partial charge in [-0.2, -0.15) is 0 Å². The zero-order chi connectivity index (χ0) is 13.1. The predicted molar refractivity (Wildman–Crippen MR) is 63.1 cm³/mol. The van der Waals surface area contributed by atoms with Crippen molar-refractivity contribution in [3.63, 3.8) is 0 Å². The highest BCUT2D eigenvalue weighted by Gasteiger charge is 2.08. The van der Waals surface area contributed by atoms with Crippen LogP contribution in [0.5, 0.6) is 0 Å². The first-order valence-electron chi connectivity index (χ1n) is 5.07. The lowest BCUT2D eigenvalue weighted by Gasteiger charge is -2.08. The third kappa shape index (κ3) is 3.94. The maximum absolute atomic E-state index is 12.0. The van der Waals surface area contributed by atoms with Crippen molar-refractivity contribution in [2.24, 2.45) is 0 Å². The van der Waals surface area contributed by atoms with Crippen LogP contribution in [0.4, 0.5) is 4.39 Å². The molecule has 0 saturated carbocycles. The van der Waals surface area contributed by atoms with Gasteiger partial charge in [0.1, 0.15) is 0 Å². The van der Waals surface area contributed by atoms with E-state index in [-0.39, 0.29) is 18.6 Å². The zero-order valence-electron chi connectivity index (χ0n) is 9.73. The molecule has 0 amide bonds. The molecule has 0 spiro atoms. The first-order valence-corrected chi connectivity index (χ1v) is 6.72. The van der Waals surface area contributed by atoms with E-state index in [0.29, 0.717) is 5.56 Å². The maximum atomic E-state index is 12.0. The lowest BCUT2D eigenvalue weighted by molar-refractivity contribution is 0.519. The fourth-order valence-electron chi connectivity index (χ4n) is 1.50. The Morgan fingerprint density at radius 2 is 2.06 bits per heavy atom. The minimum absolute atomic E-state index is 0.00491. The third-order valence-corrected chi connectivity index (χ3v) is 3.15. The normalized spacial score (nSPS) is 11.7. The number of sulfonamides is 1. The number of hydrogen-bond donors (Lipinski definition) is 1. The predicted octanol–water partition coefficient (Wildman–Crippen LogP) is 0.312. The minimum Gasteiger partial charge on any atom is -0.314 e. The molecule has 0 aliphatic rings. The molecule has 0 aliphatic carbocycles. The second-order valence-corrected chi connectivity index (χ2v) is 5.55. The van der Waals surface area contributed by atoms with Gasteiger partial charge in [0, 0.05) is 24.8 Å². The van der Waals surface area contributed by atoms with E-state index in [9.17, 15) is 17.6 Å². The van der Waals surface area contributed by atoms with Crippen molar-refractivity contribution < 1.29 is 12.8 Å². The second-order valence-electron chi connectivity index (χ2n) is 3.82. The van der Waals surface area contributed by atoms with Crippen molar-refractivity contribution in [1.82, 2.24) is 9.29 Å². The molecule has 7 heteroatoms. The monoisotopic (exact) mass is 262 g/mol. The Morgan fingerprint density at radius 1 is 1.41 bits per heavy atom. The van der Waals surface area contributed by atoms with Crippen LogP contribution in [0, 0.1) is 13.8 Å². The van der Waals surface area contributed by atoms with E-state index in [2.05, 4.69) is 4.72 Å². The lowest BCUT2D eigenvalue weighted by atomic mass is 10.2. The lowest BCUT2D eigenvalue weighted by Crippen LogP contribution is -2.32. The van der Waals surface area contributed by atoms with Crippen molar-refractivity contribution >= 4 is 10.0 Å². The SMILES string of the molecule is Cc1cc(C)c(=O)n(CCNS(=O)(=O)CF)c1. The Hall–Kier alpha value is -1.21. The Kier molecular flexibility index (Phi) is 4.41. The van der Waals surface area contributed by atoms with Crippen LogP contribution in [-0.2, 0) is 16.6 Å². The van der Waals surface area contributed by atoms with Crippen LogP contribution in [0.1, 0.15) is 11.1 Å². The molecule has 1 rings (SSSR count). The van der Waals surface area contributed by atoms with E-state index in [1.807, 2.05) is 6.92 Å². The number of nitrogens with zero attached hydrogens (tertiary/aromatic N) is 1. The summed E-state index contributed by atoms with van der Waals surface area (Å²) in [6.45, 7) is 3.71. The molecule has 0 saturated heterocycles. The number of rotatable bonds is 5. The van der Waals surface area contributed by atoms with Gasteiger partial charge < -0.3 is 4.57 Å². The smallest absolute Gasteiger partial charge is 0.253 e. The van der Waals surface area contributed by atoms with Crippen LogP contribution in [0.3, 0.4) is 0 Å². The van der Waals surface area contributed by atoms with Crippen LogP contribution >= 0.6 is 0 Å². The average Bonchev–Trinajstić information content (AvgIpc) is 2.24. The molecule has 96 valence electrons. The van der Waals surface area contributed by atoms with Crippen LogP contribution < -0.4 is 10.3 Å². The fourth-order valence-corrected chi connectivity index (χ4v) is 1.98. The molecule has 5 nitrogen and oxygen atoms in total. The number of halogens is 1. The molecule has 0 unspecified atom stereocenters. The summed E-state index contributed by atoms with van der Waals surface area (Å²) in [5.74, 6) is 0. The van der Waals surface area contributed by atoms with Gasteiger partial charge in [-0.3, -0.25) is 4.79 Å². The standard InChI is InChI=1S/C10H15FN2O3S/c1-8-5-9(2)10(14)13(6-8)4-3-12-17(15,16)7-11/h5-6,12H,3-4,7H2,1-2H3. The summed E-state index contributed by atoms with van der Waals surface area (Å²) in [5.41, 5.74) is 1.34. The Bertz CT molecular complexity index is 551. The van der Waals surface area contributed by atoms with Crippen LogP contribution in [0.2, 0.25) is 0 Å². The van der Waals surface area contributed by atoms with E-state index in [4.69, 9.17) is 0 Å². The highest BCUT2D eigenvalue weighted by molar-refractivity contribution is 7.89. The number of alkyl halides is 1. The summed E-state index contributed by atoms with van der Waals surface area (Å²) in [6.07, 6.45) is 1.64. The number of nitrogens with one attached hydrogen (secondary N) is 1. The number of aryl methyl sites for hydroxylation is 2. The van der Waals surface area contributed by atoms with E-state index in [1.54, 1.807) is 19.2 Å². The van der Waals surface area contributed by atoms with Gasteiger partial charge in [0.25, 0.3) is 5.56 Å². The fraction of sp³-hybridized carbons (Fsp3) is 0.500. The van der Waals surface area contributed by atoms with Crippen molar-refractivity contribution in [2.75, 3.05) is 12.6 Å². The van der Waals surface area contributed by atoms with Crippen molar-refractivity contribution in [2.45, 2.75) is 20.4 Å². The topological polar surface area (TPSA) is 68.2 Å². The van der Waals surface area contributed by atoms with Gasteiger partial charge in [-0.1, -0.05) is 0 Å². The van der Waals surface area contributed by atoms with E-state index in [1.165, 1.54) is 4.57 Å². The summed E-state index contributed by atoms with van der Waals surface area (Å²) in [4.78, 5) is 11.7. The zero-order valence-corrected chi connectivity index (χ0v) is 10.6. The molecule has 17 heavy (non-hydrogen) atoms. The Labute approximate surface area is 99.3 Å². The van der Waals surface area contributed by atoms with Gasteiger partial charge in [-0.05, 0) is 25.5 Å². The third-order valence-electron chi connectivity index (χ3n) is 2.22. The Balaban J connectivity index is 2.74. The maximum Gasteiger partial charge on any atom is 0.253 e. The van der Waals surface area contributed by atoms with Crippen LogP contribution in [0.25, 0.3) is 0 Å². The van der Waals surface area contributed by atoms with Crippen molar-refractivity contribution in [3.8, 4) is 0 Å². The molecule has 1 N–H and O–H groups in total. The average molecular weight is 262 g/mol. The van der Waals surface area contributed by atoms with E-state index >= 15 is 0 Å². The van der Waals surface area contributed by atoms with Gasteiger partial charge in [0.15, 0.2) is 0 Å². The molecule has 1 aromatic heterocycles. The molecule has 0 bridgehead atoms. The highest BCUT2D eigenvalue weighted by Crippen LogP contribution is 1.97. The van der Waals surface area contributed by atoms with Gasteiger partial charge in [0.2, 0.25) is 16.0 Å². The molecule has 0 aliphatic heterocycles. The molecular weight excluding hydrogens is 247 g/mol. The van der Waals surface area contributed by atoms with Crippen molar-refractivity contribution in [1.29, 1.82) is 0 Å². The first kappa shape index (κ1) is 13.9. The molecule has 0 fully saturated rings. The molecule has 0 radical (unpaired) electrons. The number of hydrogen-bond acceptors (Lipinski definition) is 3. The van der Waals surface area contributed by atoms with Gasteiger partial charge >= 0.3 is 0 Å². The first-order chi connectivity index (χ1) is 7.85. The van der Waals surface area contributed by atoms with Crippen LogP contribution in [0.15, 0.2) is 17.1 Å². The summed E-state index contributed by atoms with van der Waals surface area (Å²) >= 11 is 0. The highest BCUT2D eigenvalue weighted by atomic mass is 32.2. The van der Waals surface area contributed by atoms with Gasteiger partial charge in [-0.15, -0.1) is 0 Å². The largest absolute Gasteiger partial charge is 0.314 e. The second kappa shape index (κ2) is 5.42. The van der Waals surface area contributed by atoms with E-state index < -0.39 is 16.0 Å². The summed E-state index contributed by atoms with van der Waals surface area (Å²) in [6, 6.07) is 0.305. The Morgan fingerprint density at radius 3 is 2.65 bits per heavy atom. The molecule has 0 atom stereocenters. The molecule has 0 aromatic carbocycles. The molecule has 1 heterocycles. The van der Waals surface area contributed by atoms with Gasteiger partial charge in [-0.25, -0.2) is 17.5 Å². The summed E-state index contributed by atoms with van der Waals surface area (Å²) in [5, 5.41) is 0. The van der Waals surface area contributed by atoms with Crippen molar-refractivity contribution in [3.05, 3.63) is 33.7 Å².